The number of aromatic carboxylic acids is 1. The summed E-state index contributed by atoms with van der Waals surface area (Å²) in [7, 11) is 1.73. The second kappa shape index (κ2) is 13.4. The number of carboxylic acid groups (broad SMARTS) is 1. The summed E-state index contributed by atoms with van der Waals surface area (Å²) in [5.74, 6) is -2.36. The molecule has 1 amide bonds. The normalized spacial score (nSPS) is 16.6. The van der Waals surface area contributed by atoms with Crippen LogP contribution in [0.2, 0.25) is 5.02 Å². The van der Waals surface area contributed by atoms with Gasteiger partial charge in [-0.15, -0.1) is 0 Å². The maximum atomic E-state index is 14.9. The van der Waals surface area contributed by atoms with Crippen LogP contribution in [0.15, 0.2) is 79.3 Å². The van der Waals surface area contributed by atoms with Crippen molar-refractivity contribution in [2.75, 3.05) is 31.6 Å². The lowest BCUT2D eigenvalue weighted by Gasteiger charge is -2.40. The van der Waals surface area contributed by atoms with Gasteiger partial charge in [-0.3, -0.25) is 9.59 Å². The molecule has 0 aliphatic carbocycles. The molecule has 1 atom stereocenters. The molecule has 9 nitrogen and oxygen atoms in total. The molecule has 1 unspecified atom stereocenters. The number of Topliss-reactive ketones (excluding diaryl/α,β-unsaturated/α-hetero) is 1. The first-order chi connectivity index (χ1) is 22.2. The predicted molar refractivity (Wildman–Crippen MR) is 169 cm³/mol. The number of halogens is 2. The molecule has 0 bridgehead atoms. The third-order valence-corrected chi connectivity index (χ3v) is 9.08. The van der Waals surface area contributed by atoms with Crippen molar-refractivity contribution in [3.63, 3.8) is 0 Å². The van der Waals surface area contributed by atoms with E-state index in [-0.39, 0.29) is 46.8 Å². The molecular formula is C35H33ClFN4O5+. The van der Waals surface area contributed by atoms with E-state index < -0.39 is 23.7 Å². The van der Waals surface area contributed by atoms with Crippen LogP contribution in [0.5, 0.6) is 0 Å². The summed E-state index contributed by atoms with van der Waals surface area (Å²) in [5.41, 5.74) is 3.80. The van der Waals surface area contributed by atoms with Crippen LogP contribution in [0.1, 0.15) is 56.4 Å². The van der Waals surface area contributed by atoms with E-state index in [9.17, 15) is 23.9 Å². The van der Waals surface area contributed by atoms with Gasteiger partial charge in [0.25, 0.3) is 5.91 Å². The number of carbonyl (C=O) groups is 3. The largest absolute Gasteiger partial charge is 0.478 e. The van der Waals surface area contributed by atoms with E-state index in [0.29, 0.717) is 12.0 Å². The van der Waals surface area contributed by atoms with Crippen LogP contribution in [0, 0.1) is 5.82 Å². The number of carbonyl (C=O) groups excluding carboxylic acids is 2. The number of aromatic nitrogens is 2. The van der Waals surface area contributed by atoms with Crippen LogP contribution in [-0.2, 0) is 22.4 Å². The summed E-state index contributed by atoms with van der Waals surface area (Å²) in [4.78, 5) is 47.9. The van der Waals surface area contributed by atoms with Gasteiger partial charge in [0.2, 0.25) is 17.7 Å². The Bertz CT molecular complexity index is 1790. The minimum Gasteiger partial charge on any atom is -0.478 e. The van der Waals surface area contributed by atoms with Gasteiger partial charge >= 0.3 is 5.97 Å². The van der Waals surface area contributed by atoms with Crippen LogP contribution in [0.3, 0.4) is 0 Å². The van der Waals surface area contributed by atoms with Gasteiger partial charge in [-0.2, -0.15) is 8.96 Å². The molecule has 6 rings (SSSR count). The summed E-state index contributed by atoms with van der Waals surface area (Å²) in [6.45, 7) is 1.91. The molecule has 0 saturated carbocycles. The fourth-order valence-corrected chi connectivity index (χ4v) is 6.57. The predicted octanol–water partition coefficient (Wildman–Crippen LogP) is 5.02. The van der Waals surface area contributed by atoms with Gasteiger partial charge in [0.15, 0.2) is 17.7 Å². The van der Waals surface area contributed by atoms with Crippen molar-refractivity contribution in [1.29, 1.82) is 0 Å². The number of hydrogen-bond acceptors (Lipinski definition) is 6. The quantitative estimate of drug-likeness (QED) is 0.269. The van der Waals surface area contributed by atoms with Gasteiger partial charge in [0.1, 0.15) is 6.04 Å². The molecular weight excluding hydrogens is 611 g/mol. The average molecular weight is 644 g/mol. The molecule has 46 heavy (non-hydrogen) atoms. The molecule has 3 aromatic carbocycles. The second-order valence-electron chi connectivity index (χ2n) is 11.5. The summed E-state index contributed by atoms with van der Waals surface area (Å²) >= 11 is 6.01. The minimum absolute atomic E-state index is 0.00676. The summed E-state index contributed by atoms with van der Waals surface area (Å²) in [5, 5.41) is 9.25. The summed E-state index contributed by atoms with van der Waals surface area (Å²) in [6.07, 6.45) is 6.91. The molecule has 3 heterocycles. The zero-order chi connectivity index (χ0) is 32.4. The fraction of sp³-hybridized carbons (Fsp3) is 0.286. The Hall–Kier alpha value is -4.67. The van der Waals surface area contributed by atoms with Crippen LogP contribution in [0.25, 0.3) is 5.69 Å². The topological polar surface area (TPSA) is 104 Å². The molecule has 2 aliphatic rings. The Kier molecular flexibility index (Phi) is 9.10. The smallest absolute Gasteiger partial charge is 0.335 e. The molecule has 1 saturated heterocycles. The lowest BCUT2D eigenvalue weighted by atomic mass is 9.86. The van der Waals surface area contributed by atoms with Gasteiger partial charge in [-0.05, 0) is 60.2 Å². The third-order valence-electron chi connectivity index (χ3n) is 8.79. The first-order valence-electron chi connectivity index (χ1n) is 15.1. The van der Waals surface area contributed by atoms with Crippen LogP contribution >= 0.6 is 11.6 Å². The van der Waals surface area contributed by atoms with Gasteiger partial charge in [-0.1, -0.05) is 41.9 Å². The molecule has 1 N–H and O–H groups in total. The number of amides is 1. The SMILES string of the molecule is COC1CCN(c2cccc3c2CCN(C(=O)c2c[n+](-c4cccc(Cl)c4F)ccn2)C3C(=O)Cc2ccc(C(=O)O)cc2)CC1. The van der Waals surface area contributed by atoms with Crippen molar-refractivity contribution in [2.24, 2.45) is 0 Å². The van der Waals surface area contributed by atoms with Crippen LogP contribution in [0.4, 0.5) is 10.1 Å². The number of carboxylic acids is 1. The number of benzene rings is 3. The van der Waals surface area contributed by atoms with E-state index in [0.717, 1.165) is 42.7 Å². The third kappa shape index (κ3) is 6.23. The van der Waals surface area contributed by atoms with Crippen LogP contribution < -0.4 is 9.47 Å². The van der Waals surface area contributed by atoms with Gasteiger partial charge in [-0.25, -0.2) is 9.78 Å². The summed E-state index contributed by atoms with van der Waals surface area (Å²) in [6, 6.07) is 15.7. The molecule has 11 heteroatoms. The highest BCUT2D eigenvalue weighted by Crippen LogP contribution is 2.38. The van der Waals surface area contributed by atoms with Gasteiger partial charge in [0, 0.05) is 44.9 Å². The highest BCUT2D eigenvalue weighted by molar-refractivity contribution is 6.30. The highest BCUT2D eigenvalue weighted by Gasteiger charge is 2.39. The average Bonchev–Trinajstić information content (AvgIpc) is 3.08. The Morgan fingerprint density at radius 1 is 1.04 bits per heavy atom. The number of anilines is 1. The van der Waals surface area contributed by atoms with E-state index >= 15 is 0 Å². The highest BCUT2D eigenvalue weighted by atomic mass is 35.5. The number of rotatable bonds is 8. The van der Waals surface area contributed by atoms with Gasteiger partial charge < -0.3 is 19.6 Å². The zero-order valence-corrected chi connectivity index (χ0v) is 26.0. The van der Waals surface area contributed by atoms with E-state index in [1.54, 1.807) is 31.4 Å². The Labute approximate surface area is 270 Å². The van der Waals surface area contributed by atoms with E-state index in [2.05, 4.69) is 16.0 Å². The molecule has 1 aromatic heterocycles. The van der Waals surface area contributed by atoms with Gasteiger partial charge in [0.05, 0.1) is 22.9 Å². The van der Waals surface area contributed by atoms with Crippen molar-refractivity contribution in [3.05, 3.63) is 118 Å². The number of nitrogens with zero attached hydrogens (tertiary/aromatic N) is 4. The number of methoxy groups -OCH3 is 1. The molecule has 236 valence electrons. The minimum atomic E-state index is -1.05. The molecule has 0 spiro atoms. The zero-order valence-electron chi connectivity index (χ0n) is 25.2. The van der Waals surface area contributed by atoms with Crippen molar-refractivity contribution in [3.8, 4) is 5.69 Å². The molecule has 1 fully saturated rings. The Balaban J connectivity index is 1.36. The van der Waals surface area contributed by atoms with Crippen LogP contribution in [-0.4, -0.2) is 65.5 Å². The van der Waals surface area contributed by atoms with E-state index in [1.165, 1.54) is 46.3 Å². The Morgan fingerprint density at radius 3 is 2.50 bits per heavy atom. The van der Waals surface area contributed by atoms with E-state index in [1.807, 2.05) is 12.1 Å². The molecule has 4 aromatic rings. The standard InChI is InChI=1S/C35H32ClFN4O5/c1-46-24-12-16-39(17-13-24)29-6-2-4-26-25(29)14-18-41(33(26)31(42)20-22-8-10-23(11-9-22)35(44)45)34(43)28-21-40(19-15-38-28)30-7-3-5-27(36)32(30)37/h2-11,15,19,21,24,33H,12-14,16-18,20H2,1H3/p+1. The van der Waals surface area contributed by atoms with E-state index in [4.69, 9.17) is 16.3 Å². The number of hydrogen-bond donors (Lipinski definition) is 1. The fourth-order valence-electron chi connectivity index (χ4n) is 6.40. The number of piperidine rings is 1. The van der Waals surface area contributed by atoms with Crippen molar-refractivity contribution >= 4 is 34.9 Å². The first-order valence-corrected chi connectivity index (χ1v) is 15.5. The van der Waals surface area contributed by atoms with Crippen molar-refractivity contribution in [2.45, 2.75) is 37.8 Å². The lowest BCUT2D eigenvalue weighted by molar-refractivity contribution is -0.598. The maximum Gasteiger partial charge on any atom is 0.335 e. The second-order valence-corrected chi connectivity index (χ2v) is 11.9. The van der Waals surface area contributed by atoms with Crippen molar-refractivity contribution < 1.29 is 33.2 Å². The first kappa shape index (κ1) is 31.3. The van der Waals surface area contributed by atoms with Crippen molar-refractivity contribution in [1.82, 2.24) is 9.88 Å². The summed E-state index contributed by atoms with van der Waals surface area (Å²) < 4.78 is 21.9. The lowest BCUT2D eigenvalue weighted by Crippen LogP contribution is -2.46. The molecule has 2 aliphatic heterocycles. The number of ketones is 1. The monoisotopic (exact) mass is 643 g/mol. The maximum absolute atomic E-state index is 14.9. The number of ether oxygens (including phenoxy) is 1. The number of fused-ring (bicyclic) bond motifs is 1. The Morgan fingerprint density at radius 2 is 1.78 bits per heavy atom. The molecule has 0 radical (unpaired) electrons.